The van der Waals surface area contributed by atoms with Gasteiger partial charge in [-0.1, -0.05) is 30.3 Å². The van der Waals surface area contributed by atoms with Gasteiger partial charge in [-0.15, -0.1) is 0 Å². The molecule has 0 radical (unpaired) electrons. The first-order chi connectivity index (χ1) is 12.9. The Bertz CT molecular complexity index is 1080. The second-order valence-corrected chi connectivity index (χ2v) is 6.47. The normalized spacial score (nSPS) is 14.2. The van der Waals surface area contributed by atoms with Gasteiger partial charge < -0.3 is 9.64 Å². The van der Waals surface area contributed by atoms with E-state index in [4.69, 9.17) is 14.7 Å². The van der Waals surface area contributed by atoms with E-state index in [1.54, 1.807) is 6.20 Å². The molecule has 0 atom stereocenters. The SMILES string of the molecule is c1cnc2c(Oc3nc4ccccc4nc3N3CCCC3)cccc2c1. The lowest BCUT2D eigenvalue weighted by molar-refractivity contribution is 0.466. The Labute approximate surface area is 151 Å². The van der Waals surface area contributed by atoms with Crippen molar-refractivity contribution in [2.24, 2.45) is 0 Å². The number of hydrogen-bond donors (Lipinski definition) is 0. The first-order valence-corrected chi connectivity index (χ1v) is 8.92. The average Bonchev–Trinajstić information content (AvgIpc) is 3.22. The van der Waals surface area contributed by atoms with Crippen LogP contribution in [0.4, 0.5) is 5.82 Å². The van der Waals surface area contributed by atoms with Crippen molar-refractivity contribution in [1.29, 1.82) is 0 Å². The van der Waals surface area contributed by atoms with Crippen molar-refractivity contribution in [2.45, 2.75) is 12.8 Å². The molecule has 1 aliphatic rings. The molecule has 5 heteroatoms. The van der Waals surface area contributed by atoms with Crippen LogP contribution in [0.25, 0.3) is 21.9 Å². The number of fused-ring (bicyclic) bond motifs is 2. The highest BCUT2D eigenvalue weighted by atomic mass is 16.5. The fraction of sp³-hybridized carbons (Fsp3) is 0.190. The van der Waals surface area contributed by atoms with Crippen molar-refractivity contribution in [1.82, 2.24) is 15.0 Å². The summed E-state index contributed by atoms with van der Waals surface area (Å²) in [5, 5.41) is 1.04. The molecule has 2 aromatic carbocycles. The van der Waals surface area contributed by atoms with E-state index in [-0.39, 0.29) is 0 Å². The van der Waals surface area contributed by atoms with E-state index in [1.807, 2.05) is 54.6 Å². The summed E-state index contributed by atoms with van der Waals surface area (Å²) < 4.78 is 6.27. The highest BCUT2D eigenvalue weighted by Crippen LogP contribution is 2.35. The van der Waals surface area contributed by atoms with Crippen LogP contribution in [0.3, 0.4) is 0 Å². The smallest absolute Gasteiger partial charge is 0.263 e. The van der Waals surface area contributed by atoms with Gasteiger partial charge in [-0.05, 0) is 37.1 Å². The number of ether oxygens (including phenoxy) is 1. The predicted octanol–water partition coefficient (Wildman–Crippen LogP) is 4.57. The average molecular weight is 342 g/mol. The van der Waals surface area contributed by atoms with E-state index >= 15 is 0 Å². The highest BCUT2D eigenvalue weighted by Gasteiger charge is 2.21. The number of rotatable bonds is 3. The third-order valence-electron chi connectivity index (χ3n) is 4.73. The summed E-state index contributed by atoms with van der Waals surface area (Å²) in [6.07, 6.45) is 4.12. The van der Waals surface area contributed by atoms with Gasteiger partial charge in [0.15, 0.2) is 11.6 Å². The molecule has 0 aliphatic carbocycles. The second kappa shape index (κ2) is 6.26. The molecule has 26 heavy (non-hydrogen) atoms. The third kappa shape index (κ3) is 2.62. The molecule has 5 nitrogen and oxygen atoms in total. The molecular formula is C21H18N4O. The summed E-state index contributed by atoms with van der Waals surface area (Å²) in [5.41, 5.74) is 2.55. The number of pyridine rings is 1. The van der Waals surface area contributed by atoms with Crippen molar-refractivity contribution in [3.63, 3.8) is 0 Å². The molecule has 1 fully saturated rings. The Kier molecular flexibility index (Phi) is 3.63. The van der Waals surface area contributed by atoms with Gasteiger partial charge in [-0.2, -0.15) is 0 Å². The molecule has 0 spiro atoms. The van der Waals surface area contributed by atoms with Gasteiger partial charge in [0.2, 0.25) is 0 Å². The van der Waals surface area contributed by atoms with Crippen LogP contribution in [0.5, 0.6) is 11.6 Å². The van der Waals surface area contributed by atoms with Crippen LogP contribution in [0, 0.1) is 0 Å². The summed E-state index contributed by atoms with van der Waals surface area (Å²) in [7, 11) is 0. The molecule has 5 rings (SSSR count). The Balaban J connectivity index is 1.65. The molecule has 0 N–H and O–H groups in total. The maximum absolute atomic E-state index is 6.27. The van der Waals surface area contributed by atoms with E-state index in [0.29, 0.717) is 11.6 Å². The van der Waals surface area contributed by atoms with Crippen molar-refractivity contribution in [3.8, 4) is 11.6 Å². The molecular weight excluding hydrogens is 324 g/mol. The minimum atomic E-state index is 0.545. The molecule has 128 valence electrons. The lowest BCUT2D eigenvalue weighted by atomic mass is 10.2. The lowest BCUT2D eigenvalue weighted by Crippen LogP contribution is -2.20. The van der Waals surface area contributed by atoms with Crippen molar-refractivity contribution in [2.75, 3.05) is 18.0 Å². The zero-order valence-corrected chi connectivity index (χ0v) is 14.3. The van der Waals surface area contributed by atoms with Crippen LogP contribution in [0.2, 0.25) is 0 Å². The number of hydrogen-bond acceptors (Lipinski definition) is 5. The van der Waals surface area contributed by atoms with Crippen LogP contribution in [0.1, 0.15) is 12.8 Å². The molecule has 4 aromatic rings. The van der Waals surface area contributed by atoms with Crippen LogP contribution < -0.4 is 9.64 Å². The standard InChI is InChI=1S/C21H18N4O/c1-2-10-17-16(9-1)23-20(25-13-3-4-14-25)21(24-17)26-18-11-5-7-15-8-6-12-22-19(15)18/h1-2,5-12H,3-4,13-14H2. The van der Waals surface area contributed by atoms with E-state index in [9.17, 15) is 0 Å². The number of para-hydroxylation sites is 3. The summed E-state index contributed by atoms with van der Waals surface area (Å²) in [5.74, 6) is 2.06. The molecule has 2 aromatic heterocycles. The van der Waals surface area contributed by atoms with Crippen molar-refractivity contribution < 1.29 is 4.74 Å². The second-order valence-electron chi connectivity index (χ2n) is 6.47. The summed E-state index contributed by atoms with van der Waals surface area (Å²) in [6, 6.07) is 17.8. The molecule has 0 saturated carbocycles. The quantitative estimate of drug-likeness (QED) is 0.546. The molecule has 0 bridgehead atoms. The number of aromatic nitrogens is 3. The summed E-state index contributed by atoms with van der Waals surface area (Å²) in [6.45, 7) is 1.97. The van der Waals surface area contributed by atoms with Gasteiger partial charge in [-0.3, -0.25) is 4.98 Å². The maximum Gasteiger partial charge on any atom is 0.263 e. The van der Waals surface area contributed by atoms with Gasteiger partial charge in [-0.25, -0.2) is 9.97 Å². The van der Waals surface area contributed by atoms with E-state index < -0.39 is 0 Å². The van der Waals surface area contributed by atoms with E-state index in [2.05, 4.69) is 9.88 Å². The van der Waals surface area contributed by atoms with Gasteiger partial charge in [0, 0.05) is 24.7 Å². The van der Waals surface area contributed by atoms with Gasteiger partial charge in [0.1, 0.15) is 5.52 Å². The molecule has 1 saturated heterocycles. The highest BCUT2D eigenvalue weighted by molar-refractivity contribution is 5.85. The third-order valence-corrected chi connectivity index (χ3v) is 4.73. The Morgan fingerprint density at radius 3 is 2.42 bits per heavy atom. The molecule has 3 heterocycles. The van der Waals surface area contributed by atoms with Gasteiger partial charge >= 0.3 is 0 Å². The molecule has 1 aliphatic heterocycles. The fourth-order valence-electron chi connectivity index (χ4n) is 3.44. The minimum Gasteiger partial charge on any atom is -0.434 e. The minimum absolute atomic E-state index is 0.545. The number of anilines is 1. The van der Waals surface area contributed by atoms with Crippen LogP contribution in [0.15, 0.2) is 60.8 Å². The number of nitrogens with zero attached hydrogens (tertiary/aromatic N) is 4. The molecule has 0 amide bonds. The Morgan fingerprint density at radius 1 is 0.808 bits per heavy atom. The fourth-order valence-corrected chi connectivity index (χ4v) is 3.44. The topological polar surface area (TPSA) is 51.1 Å². The first kappa shape index (κ1) is 15.1. The largest absolute Gasteiger partial charge is 0.434 e. The first-order valence-electron chi connectivity index (χ1n) is 8.92. The van der Waals surface area contributed by atoms with Gasteiger partial charge in [0.05, 0.1) is 11.0 Å². The number of benzene rings is 2. The van der Waals surface area contributed by atoms with Crippen molar-refractivity contribution in [3.05, 3.63) is 60.8 Å². The Morgan fingerprint density at radius 2 is 1.58 bits per heavy atom. The monoisotopic (exact) mass is 342 g/mol. The summed E-state index contributed by atoms with van der Waals surface area (Å²) in [4.78, 5) is 16.4. The lowest BCUT2D eigenvalue weighted by Gasteiger charge is -2.20. The predicted molar refractivity (Wildman–Crippen MR) is 103 cm³/mol. The zero-order valence-electron chi connectivity index (χ0n) is 14.3. The van der Waals surface area contributed by atoms with Crippen LogP contribution in [-0.4, -0.2) is 28.0 Å². The van der Waals surface area contributed by atoms with E-state index in [1.165, 1.54) is 12.8 Å². The van der Waals surface area contributed by atoms with Gasteiger partial charge in [0.25, 0.3) is 5.88 Å². The Hall–Kier alpha value is -3.21. The zero-order chi connectivity index (χ0) is 17.3. The maximum atomic E-state index is 6.27. The van der Waals surface area contributed by atoms with Crippen molar-refractivity contribution >= 4 is 27.8 Å². The van der Waals surface area contributed by atoms with Crippen LogP contribution >= 0.6 is 0 Å². The summed E-state index contributed by atoms with van der Waals surface area (Å²) >= 11 is 0. The van der Waals surface area contributed by atoms with Crippen LogP contribution in [-0.2, 0) is 0 Å². The van der Waals surface area contributed by atoms with E-state index in [0.717, 1.165) is 40.8 Å². The molecule has 0 unspecified atom stereocenters.